The number of imide groups is 2. The van der Waals surface area contributed by atoms with E-state index >= 15 is 0 Å². The van der Waals surface area contributed by atoms with Crippen molar-refractivity contribution in [2.45, 2.75) is 83.1 Å². The lowest BCUT2D eigenvalue weighted by Gasteiger charge is -2.32. The topological polar surface area (TPSA) is 147 Å². The minimum Gasteiger partial charge on any atom is -0.492 e. The lowest BCUT2D eigenvalue weighted by molar-refractivity contribution is -0.136. The molecular weight excluding hydrogens is 737 g/mol. The molecule has 3 heterocycles. The monoisotopic (exact) mass is 781 g/mol. The van der Waals surface area contributed by atoms with Crippen LogP contribution in [0.15, 0.2) is 66.9 Å². The number of nitrogens with one attached hydrogen (secondary N) is 3. The smallest absolute Gasteiger partial charge is 0.264 e. The number of nitrogens with zero attached hydrogens (tertiary/aromatic N) is 2. The van der Waals surface area contributed by atoms with Crippen LogP contribution < -0.4 is 20.7 Å². The molecule has 1 aliphatic carbocycles. The molecule has 3 aliphatic rings. The summed E-state index contributed by atoms with van der Waals surface area (Å²) >= 11 is 6.44. The van der Waals surface area contributed by atoms with Gasteiger partial charge in [-0.2, -0.15) is 0 Å². The van der Waals surface area contributed by atoms with E-state index in [1.165, 1.54) is 6.07 Å². The molecule has 11 nitrogen and oxygen atoms in total. The van der Waals surface area contributed by atoms with Gasteiger partial charge in [-0.3, -0.25) is 39.2 Å². The summed E-state index contributed by atoms with van der Waals surface area (Å²) in [5, 5.41) is 9.88. The Kier molecular flexibility index (Phi) is 11.9. The number of piperidine rings is 1. The van der Waals surface area contributed by atoms with E-state index in [9.17, 15) is 28.4 Å². The number of rotatable bonds is 14. The Balaban J connectivity index is 0.826. The number of carbonyl (C=O) groups is 5. The predicted molar refractivity (Wildman–Crippen MR) is 211 cm³/mol. The molecule has 7 rings (SSSR count). The van der Waals surface area contributed by atoms with Crippen LogP contribution in [-0.4, -0.2) is 58.6 Å². The Morgan fingerprint density at radius 1 is 0.964 bits per heavy atom. The highest BCUT2D eigenvalue weighted by Crippen LogP contribution is 2.41. The van der Waals surface area contributed by atoms with Gasteiger partial charge in [-0.25, -0.2) is 4.39 Å². The van der Waals surface area contributed by atoms with Crippen LogP contribution in [0.2, 0.25) is 5.02 Å². The van der Waals surface area contributed by atoms with Gasteiger partial charge in [0.1, 0.15) is 17.6 Å². The molecule has 0 radical (unpaired) electrons. The summed E-state index contributed by atoms with van der Waals surface area (Å²) in [6.45, 7) is 3.00. The summed E-state index contributed by atoms with van der Waals surface area (Å²) < 4.78 is 20.0. The van der Waals surface area contributed by atoms with Gasteiger partial charge in [0.2, 0.25) is 17.7 Å². The number of amides is 5. The number of aromatic nitrogens is 1. The Hall–Kier alpha value is -5.36. The molecule has 1 saturated carbocycles. The summed E-state index contributed by atoms with van der Waals surface area (Å²) in [5.74, 6) is -1.56. The lowest BCUT2D eigenvalue weighted by atomic mass is 9.73. The molecule has 5 amide bonds. The van der Waals surface area contributed by atoms with Gasteiger partial charge in [0.25, 0.3) is 11.8 Å². The van der Waals surface area contributed by atoms with E-state index in [2.05, 4.69) is 20.9 Å². The fourth-order valence-electron chi connectivity index (χ4n) is 8.24. The van der Waals surface area contributed by atoms with Crippen LogP contribution in [0.25, 0.3) is 10.9 Å². The number of carbonyl (C=O) groups excluding carboxylic acids is 5. The van der Waals surface area contributed by atoms with E-state index < -0.39 is 29.7 Å². The zero-order chi connectivity index (χ0) is 39.3. The number of hydrogen-bond acceptors (Lipinski definition) is 8. The molecule has 3 N–H and O–H groups in total. The van der Waals surface area contributed by atoms with Crippen molar-refractivity contribution in [3.63, 3.8) is 0 Å². The van der Waals surface area contributed by atoms with Gasteiger partial charge in [-0.15, -0.1) is 0 Å². The molecule has 2 fully saturated rings. The van der Waals surface area contributed by atoms with Crippen molar-refractivity contribution in [2.75, 3.05) is 23.8 Å². The SMILES string of the molecule is C[C@@H](C(=O)Nc1ccc(Cl)c(OCCCCCCNc2cccc3c2C(=O)N(C2CCC(=O)NC2=O)C3=O)c1)[C@H]1CC[C@@H](c2ccnc3ccc(F)cc32)CC1. The summed E-state index contributed by atoms with van der Waals surface area (Å²) in [7, 11) is 0. The maximum Gasteiger partial charge on any atom is 0.264 e. The molecule has 1 saturated heterocycles. The molecule has 1 unspecified atom stereocenters. The molecule has 4 aromatic rings. The van der Waals surface area contributed by atoms with E-state index in [0.29, 0.717) is 41.2 Å². The second-order valence-corrected chi connectivity index (χ2v) is 15.4. The molecule has 3 aromatic carbocycles. The van der Waals surface area contributed by atoms with Gasteiger partial charge < -0.3 is 15.4 Å². The summed E-state index contributed by atoms with van der Waals surface area (Å²) in [4.78, 5) is 69.1. The van der Waals surface area contributed by atoms with Gasteiger partial charge in [0.05, 0.1) is 28.3 Å². The number of pyridine rings is 1. The van der Waals surface area contributed by atoms with Crippen LogP contribution in [0.5, 0.6) is 5.75 Å². The fraction of sp³-hybridized carbons (Fsp3) is 0.395. The quantitative estimate of drug-likeness (QED) is 0.0861. The average Bonchev–Trinajstić information content (AvgIpc) is 3.45. The maximum atomic E-state index is 14.0. The van der Waals surface area contributed by atoms with Crippen molar-refractivity contribution in [3.05, 3.63) is 94.4 Å². The molecule has 13 heteroatoms. The number of halogens is 2. The molecule has 2 atom stereocenters. The average molecular weight is 782 g/mol. The zero-order valence-electron chi connectivity index (χ0n) is 31.2. The molecule has 1 aromatic heterocycles. The van der Waals surface area contributed by atoms with Crippen LogP contribution in [0, 0.1) is 17.7 Å². The third kappa shape index (κ3) is 8.40. The van der Waals surface area contributed by atoms with Crippen LogP contribution in [0.1, 0.15) is 103 Å². The third-order valence-electron chi connectivity index (χ3n) is 11.4. The summed E-state index contributed by atoms with van der Waals surface area (Å²) in [6.07, 6.45) is 9.01. The second kappa shape index (κ2) is 17.2. The first-order valence-corrected chi connectivity index (χ1v) is 19.8. The highest BCUT2D eigenvalue weighted by molar-refractivity contribution is 6.32. The molecule has 0 spiro atoms. The van der Waals surface area contributed by atoms with Crippen molar-refractivity contribution in [1.82, 2.24) is 15.2 Å². The number of anilines is 2. The van der Waals surface area contributed by atoms with Crippen molar-refractivity contribution in [3.8, 4) is 5.75 Å². The molecular formula is C43H45ClFN5O6. The molecule has 292 valence electrons. The van der Waals surface area contributed by atoms with E-state index in [0.717, 1.165) is 72.7 Å². The first-order valence-electron chi connectivity index (χ1n) is 19.4. The first kappa shape index (κ1) is 38.9. The Morgan fingerprint density at radius 2 is 1.77 bits per heavy atom. The van der Waals surface area contributed by atoms with Gasteiger partial charge in [0, 0.05) is 47.9 Å². The Bertz CT molecular complexity index is 2170. The Labute approximate surface area is 329 Å². The fourth-order valence-corrected chi connectivity index (χ4v) is 8.41. The maximum absolute atomic E-state index is 14.0. The van der Waals surface area contributed by atoms with E-state index in [1.807, 2.05) is 13.0 Å². The molecule has 56 heavy (non-hydrogen) atoms. The predicted octanol–water partition coefficient (Wildman–Crippen LogP) is 8.03. The molecule has 0 bridgehead atoms. The van der Waals surface area contributed by atoms with Gasteiger partial charge in [0.15, 0.2) is 0 Å². The van der Waals surface area contributed by atoms with Crippen LogP contribution in [0.3, 0.4) is 0 Å². The van der Waals surface area contributed by atoms with E-state index in [-0.39, 0.29) is 47.5 Å². The number of hydrogen-bond donors (Lipinski definition) is 3. The first-order chi connectivity index (χ1) is 27.1. The van der Waals surface area contributed by atoms with Gasteiger partial charge in [-0.05, 0) is 111 Å². The zero-order valence-corrected chi connectivity index (χ0v) is 32.0. The third-order valence-corrected chi connectivity index (χ3v) is 11.7. The van der Waals surface area contributed by atoms with E-state index in [1.54, 1.807) is 54.7 Å². The van der Waals surface area contributed by atoms with Crippen molar-refractivity contribution < 1.29 is 33.1 Å². The summed E-state index contributed by atoms with van der Waals surface area (Å²) in [6, 6.07) is 16.0. The van der Waals surface area contributed by atoms with Gasteiger partial charge in [-0.1, -0.05) is 37.4 Å². The van der Waals surface area contributed by atoms with E-state index in [4.69, 9.17) is 16.3 Å². The van der Waals surface area contributed by atoms with Crippen LogP contribution in [-0.2, 0) is 14.4 Å². The lowest BCUT2D eigenvalue weighted by Crippen LogP contribution is -2.54. The highest BCUT2D eigenvalue weighted by Gasteiger charge is 2.45. The number of fused-ring (bicyclic) bond motifs is 2. The number of ether oxygens (including phenoxy) is 1. The van der Waals surface area contributed by atoms with Crippen LogP contribution >= 0.6 is 11.6 Å². The largest absolute Gasteiger partial charge is 0.492 e. The second-order valence-electron chi connectivity index (χ2n) is 15.0. The highest BCUT2D eigenvalue weighted by atomic mass is 35.5. The summed E-state index contributed by atoms with van der Waals surface area (Å²) in [5.41, 5.74) is 3.58. The van der Waals surface area contributed by atoms with Gasteiger partial charge >= 0.3 is 0 Å². The molecule has 2 aliphatic heterocycles. The van der Waals surface area contributed by atoms with Crippen molar-refractivity contribution >= 4 is 63.4 Å². The van der Waals surface area contributed by atoms with Crippen molar-refractivity contribution in [1.29, 1.82) is 0 Å². The minimum atomic E-state index is -1.01. The van der Waals surface area contributed by atoms with Crippen LogP contribution in [0.4, 0.5) is 15.8 Å². The standard InChI is InChI=1S/C43H45ClFN5O6/c1-25(26-9-11-27(12-10-26)30-19-21-47-34-16-13-28(45)23-32(30)34)40(52)48-29-14-15-33(44)37(24-29)56-22-5-3-2-4-20-46-35-8-6-7-31-39(35)43(55)50(42(31)54)36-17-18-38(51)49-41(36)53/h6-8,13-16,19,21,23-27,36,46H,2-5,9-12,17-18,20,22H2,1H3,(H,48,52)(H,49,51,53)/t25-,26-,27+,36?/m1/s1. The number of unbranched alkanes of at least 4 members (excludes halogenated alkanes) is 3. The number of benzene rings is 3. The van der Waals surface area contributed by atoms with Crippen molar-refractivity contribution in [2.24, 2.45) is 11.8 Å². The normalized spacial score (nSPS) is 20.1. The minimum absolute atomic E-state index is 0.0465. The Morgan fingerprint density at radius 3 is 2.57 bits per heavy atom.